The Balaban J connectivity index is 1.43. The standard InChI is InChI=1S/C24H22N6O/c1-16-5-7-19(8-6-16)28-22-14-23(27-17(2)26-22)29-20-9-11-21(12-10-20)30-24(31)18-4-3-13-25-15-18/h3-15H,1-2H3,(H,30,31)(H2,26,27,28,29). The Morgan fingerprint density at radius 3 is 1.94 bits per heavy atom. The minimum Gasteiger partial charge on any atom is -0.340 e. The summed E-state index contributed by atoms with van der Waals surface area (Å²) >= 11 is 0. The summed E-state index contributed by atoms with van der Waals surface area (Å²) in [6.07, 6.45) is 3.17. The number of benzene rings is 2. The topological polar surface area (TPSA) is 91.8 Å². The van der Waals surface area contributed by atoms with Gasteiger partial charge in [0.05, 0.1) is 5.56 Å². The Kier molecular flexibility index (Phi) is 5.84. The van der Waals surface area contributed by atoms with Crippen molar-refractivity contribution < 1.29 is 4.79 Å². The van der Waals surface area contributed by atoms with Crippen molar-refractivity contribution in [3.8, 4) is 0 Å². The van der Waals surface area contributed by atoms with E-state index in [1.807, 2.05) is 61.5 Å². The van der Waals surface area contributed by atoms with E-state index in [0.717, 1.165) is 11.4 Å². The summed E-state index contributed by atoms with van der Waals surface area (Å²) in [4.78, 5) is 25.1. The molecule has 0 fully saturated rings. The first-order chi connectivity index (χ1) is 15.0. The van der Waals surface area contributed by atoms with Crippen LogP contribution < -0.4 is 16.0 Å². The molecule has 2 aromatic heterocycles. The molecule has 0 saturated carbocycles. The van der Waals surface area contributed by atoms with Crippen molar-refractivity contribution in [3.63, 3.8) is 0 Å². The summed E-state index contributed by atoms with van der Waals surface area (Å²) in [5, 5.41) is 9.44. The molecule has 0 atom stereocenters. The number of nitrogens with zero attached hydrogens (tertiary/aromatic N) is 3. The van der Waals surface area contributed by atoms with Crippen molar-refractivity contribution in [2.24, 2.45) is 0 Å². The van der Waals surface area contributed by atoms with Crippen LogP contribution in [-0.2, 0) is 0 Å². The molecule has 0 spiro atoms. The summed E-state index contributed by atoms with van der Waals surface area (Å²) in [6.45, 7) is 3.90. The molecular formula is C24H22N6O. The van der Waals surface area contributed by atoms with E-state index in [0.29, 0.717) is 28.7 Å². The number of carbonyl (C=O) groups is 1. The van der Waals surface area contributed by atoms with Crippen LogP contribution in [0.15, 0.2) is 79.1 Å². The lowest BCUT2D eigenvalue weighted by molar-refractivity contribution is 0.102. The molecular weight excluding hydrogens is 388 g/mol. The summed E-state index contributed by atoms with van der Waals surface area (Å²) in [7, 11) is 0. The average Bonchev–Trinajstić information content (AvgIpc) is 2.77. The second-order valence-corrected chi connectivity index (χ2v) is 7.07. The highest BCUT2D eigenvalue weighted by atomic mass is 16.1. The van der Waals surface area contributed by atoms with E-state index >= 15 is 0 Å². The molecule has 0 bridgehead atoms. The van der Waals surface area contributed by atoms with Gasteiger partial charge in [-0.1, -0.05) is 17.7 Å². The first-order valence-corrected chi connectivity index (χ1v) is 9.83. The number of anilines is 5. The lowest BCUT2D eigenvalue weighted by Gasteiger charge is -2.11. The summed E-state index contributed by atoms with van der Waals surface area (Å²) < 4.78 is 0. The minimum absolute atomic E-state index is 0.202. The van der Waals surface area contributed by atoms with Crippen LogP contribution in [0.2, 0.25) is 0 Å². The number of amides is 1. The normalized spacial score (nSPS) is 10.4. The Bertz CT molecular complexity index is 1180. The van der Waals surface area contributed by atoms with Crippen LogP contribution in [-0.4, -0.2) is 20.9 Å². The number of carbonyl (C=O) groups excluding carboxylic acids is 1. The second-order valence-electron chi connectivity index (χ2n) is 7.07. The van der Waals surface area contributed by atoms with E-state index in [-0.39, 0.29) is 5.91 Å². The number of aryl methyl sites for hydroxylation is 2. The first kappa shape index (κ1) is 20.0. The van der Waals surface area contributed by atoms with Crippen LogP contribution in [0.5, 0.6) is 0 Å². The highest BCUT2D eigenvalue weighted by Crippen LogP contribution is 2.22. The summed E-state index contributed by atoms with van der Waals surface area (Å²) in [5.41, 5.74) is 4.21. The third-order valence-electron chi connectivity index (χ3n) is 4.50. The van der Waals surface area contributed by atoms with E-state index in [1.54, 1.807) is 18.3 Å². The van der Waals surface area contributed by atoms with Gasteiger partial charge < -0.3 is 16.0 Å². The van der Waals surface area contributed by atoms with Crippen LogP contribution >= 0.6 is 0 Å². The Labute approximate surface area is 180 Å². The van der Waals surface area contributed by atoms with Gasteiger partial charge >= 0.3 is 0 Å². The van der Waals surface area contributed by atoms with Gasteiger partial charge in [-0.25, -0.2) is 9.97 Å². The zero-order valence-corrected chi connectivity index (χ0v) is 17.3. The second kappa shape index (κ2) is 9.04. The fourth-order valence-electron chi connectivity index (χ4n) is 2.97. The van der Waals surface area contributed by atoms with Crippen molar-refractivity contribution in [1.82, 2.24) is 15.0 Å². The molecule has 2 heterocycles. The fraction of sp³-hybridized carbons (Fsp3) is 0.0833. The van der Waals surface area contributed by atoms with E-state index in [9.17, 15) is 4.79 Å². The van der Waals surface area contributed by atoms with Gasteiger partial charge in [0.25, 0.3) is 5.91 Å². The molecule has 7 heteroatoms. The van der Waals surface area contributed by atoms with Gasteiger partial charge in [0.2, 0.25) is 0 Å². The molecule has 31 heavy (non-hydrogen) atoms. The molecule has 4 aromatic rings. The van der Waals surface area contributed by atoms with Crippen molar-refractivity contribution >= 4 is 34.6 Å². The van der Waals surface area contributed by atoms with Gasteiger partial charge in [0.15, 0.2) is 0 Å². The van der Waals surface area contributed by atoms with Crippen molar-refractivity contribution in [2.45, 2.75) is 13.8 Å². The summed E-state index contributed by atoms with van der Waals surface area (Å²) in [5.74, 6) is 1.83. The van der Waals surface area contributed by atoms with E-state index in [2.05, 4.69) is 37.8 Å². The molecule has 1 amide bonds. The van der Waals surface area contributed by atoms with Gasteiger partial charge in [0.1, 0.15) is 17.5 Å². The quantitative estimate of drug-likeness (QED) is 0.403. The predicted octanol–water partition coefficient (Wildman–Crippen LogP) is 5.23. The molecule has 7 nitrogen and oxygen atoms in total. The molecule has 154 valence electrons. The van der Waals surface area contributed by atoms with Crippen molar-refractivity contribution in [2.75, 3.05) is 16.0 Å². The van der Waals surface area contributed by atoms with Gasteiger partial charge in [-0.05, 0) is 62.4 Å². The monoisotopic (exact) mass is 410 g/mol. The maximum atomic E-state index is 12.2. The lowest BCUT2D eigenvalue weighted by atomic mass is 10.2. The Hall–Kier alpha value is -4.26. The average molecular weight is 410 g/mol. The lowest BCUT2D eigenvalue weighted by Crippen LogP contribution is -2.11. The van der Waals surface area contributed by atoms with Crippen LogP contribution in [0, 0.1) is 13.8 Å². The predicted molar refractivity (Wildman–Crippen MR) is 123 cm³/mol. The highest BCUT2D eigenvalue weighted by molar-refractivity contribution is 6.04. The van der Waals surface area contributed by atoms with Crippen molar-refractivity contribution in [3.05, 3.63) is 96.1 Å². The molecule has 0 saturated heterocycles. The van der Waals surface area contributed by atoms with E-state index < -0.39 is 0 Å². The zero-order valence-electron chi connectivity index (χ0n) is 17.3. The van der Waals surface area contributed by atoms with Crippen LogP contribution in [0.3, 0.4) is 0 Å². The SMILES string of the molecule is Cc1ccc(Nc2cc(Nc3ccc(NC(=O)c4cccnc4)cc3)nc(C)n2)cc1. The zero-order chi connectivity index (χ0) is 21.6. The Morgan fingerprint density at radius 2 is 1.35 bits per heavy atom. The van der Waals surface area contributed by atoms with Gasteiger partial charge in [-0.15, -0.1) is 0 Å². The smallest absolute Gasteiger partial charge is 0.257 e. The van der Waals surface area contributed by atoms with E-state index in [4.69, 9.17) is 0 Å². The minimum atomic E-state index is -0.202. The maximum absolute atomic E-state index is 12.2. The number of hydrogen-bond acceptors (Lipinski definition) is 6. The maximum Gasteiger partial charge on any atom is 0.257 e. The van der Waals surface area contributed by atoms with Crippen molar-refractivity contribution in [1.29, 1.82) is 0 Å². The largest absolute Gasteiger partial charge is 0.340 e. The third-order valence-corrected chi connectivity index (χ3v) is 4.50. The Morgan fingerprint density at radius 1 is 0.774 bits per heavy atom. The van der Waals surface area contributed by atoms with Crippen LogP contribution in [0.25, 0.3) is 0 Å². The number of nitrogens with one attached hydrogen (secondary N) is 3. The van der Waals surface area contributed by atoms with Gasteiger partial charge in [-0.2, -0.15) is 0 Å². The number of pyridine rings is 1. The molecule has 0 aliphatic rings. The van der Waals surface area contributed by atoms with E-state index in [1.165, 1.54) is 11.8 Å². The number of hydrogen-bond donors (Lipinski definition) is 3. The van der Waals surface area contributed by atoms with Crippen LogP contribution in [0.1, 0.15) is 21.7 Å². The molecule has 0 radical (unpaired) electrons. The van der Waals surface area contributed by atoms with Gasteiger partial charge in [0, 0.05) is 35.5 Å². The third kappa shape index (κ3) is 5.42. The number of rotatable bonds is 6. The molecule has 2 aromatic carbocycles. The first-order valence-electron chi connectivity index (χ1n) is 9.83. The molecule has 0 unspecified atom stereocenters. The molecule has 4 rings (SSSR count). The highest BCUT2D eigenvalue weighted by Gasteiger charge is 2.07. The summed E-state index contributed by atoms with van der Waals surface area (Å²) in [6, 6.07) is 20.8. The van der Waals surface area contributed by atoms with Gasteiger partial charge in [-0.3, -0.25) is 9.78 Å². The fourth-order valence-corrected chi connectivity index (χ4v) is 2.97. The molecule has 0 aliphatic carbocycles. The number of aromatic nitrogens is 3. The molecule has 3 N–H and O–H groups in total. The molecule has 0 aliphatic heterocycles. The van der Waals surface area contributed by atoms with Crippen LogP contribution in [0.4, 0.5) is 28.7 Å².